The van der Waals surface area contributed by atoms with E-state index >= 15 is 0 Å². The number of hydrazine groups is 1. The fourth-order valence-electron chi connectivity index (χ4n) is 0.899. The number of hydrogen-bond acceptors (Lipinski definition) is 3. The summed E-state index contributed by atoms with van der Waals surface area (Å²) < 4.78 is 1.06. The van der Waals surface area contributed by atoms with Crippen LogP contribution in [0, 0.1) is 12.3 Å². The third-order valence-corrected chi connectivity index (χ3v) is 3.47. The first-order valence-electron chi connectivity index (χ1n) is 3.42. The van der Waals surface area contributed by atoms with E-state index in [1.54, 1.807) is 11.3 Å². The Bertz CT molecular complexity index is 289. The molecule has 0 amide bonds. The molecule has 12 heavy (non-hydrogen) atoms. The Morgan fingerprint density at radius 2 is 2.58 bits per heavy atom. The van der Waals surface area contributed by atoms with Crippen LogP contribution in [0.3, 0.4) is 0 Å². The van der Waals surface area contributed by atoms with E-state index < -0.39 is 0 Å². The zero-order chi connectivity index (χ0) is 8.97. The Morgan fingerprint density at radius 3 is 3.00 bits per heavy atom. The predicted octanol–water partition coefficient (Wildman–Crippen LogP) is 2.04. The first kappa shape index (κ1) is 9.75. The molecule has 0 spiro atoms. The monoisotopic (exact) mass is 244 g/mol. The normalized spacial score (nSPS) is 12.4. The van der Waals surface area contributed by atoms with E-state index in [0.717, 1.165) is 9.35 Å². The van der Waals surface area contributed by atoms with Crippen molar-refractivity contribution in [2.24, 2.45) is 5.84 Å². The molecule has 0 aliphatic carbocycles. The van der Waals surface area contributed by atoms with Crippen molar-refractivity contribution in [2.75, 3.05) is 0 Å². The number of rotatable bonds is 3. The number of nitrogens with two attached hydrogens (primary N) is 1. The highest BCUT2D eigenvalue weighted by Gasteiger charge is 2.12. The van der Waals surface area contributed by atoms with Crippen LogP contribution in [-0.2, 0) is 0 Å². The van der Waals surface area contributed by atoms with Crippen LogP contribution in [0.4, 0.5) is 0 Å². The van der Waals surface area contributed by atoms with Gasteiger partial charge in [0.15, 0.2) is 0 Å². The van der Waals surface area contributed by atoms with Crippen LogP contribution < -0.4 is 11.3 Å². The number of hydrogen-bond donors (Lipinski definition) is 2. The molecule has 0 aromatic carbocycles. The smallest absolute Gasteiger partial charge is 0.0673 e. The lowest BCUT2D eigenvalue weighted by atomic mass is 10.2. The molecule has 0 aliphatic rings. The first-order valence-corrected chi connectivity index (χ1v) is 5.09. The summed E-state index contributed by atoms with van der Waals surface area (Å²) >= 11 is 5.06. The Balaban J connectivity index is 2.81. The van der Waals surface area contributed by atoms with Crippen molar-refractivity contribution in [3.63, 3.8) is 0 Å². The minimum atomic E-state index is 0.0596. The second-order valence-electron chi connectivity index (χ2n) is 2.26. The minimum Gasteiger partial charge on any atom is -0.271 e. The van der Waals surface area contributed by atoms with Gasteiger partial charge in [0.1, 0.15) is 0 Å². The molecule has 0 saturated carbocycles. The summed E-state index contributed by atoms with van der Waals surface area (Å²) in [5.41, 5.74) is 2.68. The molecule has 4 heteroatoms. The van der Waals surface area contributed by atoms with Gasteiger partial charge in [0.05, 0.1) is 6.04 Å². The van der Waals surface area contributed by atoms with Crippen LogP contribution in [0.2, 0.25) is 0 Å². The van der Waals surface area contributed by atoms with Gasteiger partial charge in [0.2, 0.25) is 0 Å². The molecule has 2 nitrogen and oxygen atoms in total. The van der Waals surface area contributed by atoms with Gasteiger partial charge >= 0.3 is 0 Å². The van der Waals surface area contributed by atoms with Crippen LogP contribution in [-0.4, -0.2) is 0 Å². The molecule has 0 radical (unpaired) electrons. The van der Waals surface area contributed by atoms with Gasteiger partial charge in [-0.2, -0.15) is 0 Å². The number of halogens is 1. The van der Waals surface area contributed by atoms with Gasteiger partial charge in [0.25, 0.3) is 0 Å². The van der Waals surface area contributed by atoms with Gasteiger partial charge in [-0.3, -0.25) is 11.3 Å². The molecule has 3 N–H and O–H groups in total. The topological polar surface area (TPSA) is 38.0 Å². The average Bonchev–Trinajstić information content (AvgIpc) is 2.47. The zero-order valence-corrected chi connectivity index (χ0v) is 8.78. The molecule has 0 fully saturated rings. The molecule has 0 aliphatic heterocycles. The van der Waals surface area contributed by atoms with E-state index in [4.69, 9.17) is 12.3 Å². The van der Waals surface area contributed by atoms with E-state index in [1.165, 1.54) is 0 Å². The first-order chi connectivity index (χ1) is 5.79. The molecule has 1 aromatic heterocycles. The molecule has 1 heterocycles. The summed E-state index contributed by atoms with van der Waals surface area (Å²) in [4.78, 5) is 1.15. The Morgan fingerprint density at radius 1 is 1.83 bits per heavy atom. The predicted molar refractivity (Wildman–Crippen MR) is 55.5 cm³/mol. The Hall–Kier alpha value is -0.340. The third kappa shape index (κ3) is 2.08. The van der Waals surface area contributed by atoms with Gasteiger partial charge in [-0.15, -0.1) is 23.7 Å². The van der Waals surface area contributed by atoms with Gasteiger partial charge in [-0.05, 0) is 27.4 Å². The summed E-state index contributed by atoms with van der Waals surface area (Å²) in [5.74, 6) is 7.94. The fraction of sp³-hybridized carbons (Fsp3) is 0.250. The van der Waals surface area contributed by atoms with E-state index in [-0.39, 0.29) is 6.04 Å². The number of terminal acetylenes is 1. The van der Waals surface area contributed by atoms with Crippen molar-refractivity contribution >= 4 is 27.3 Å². The molecule has 1 unspecified atom stereocenters. The molecule has 1 atom stereocenters. The van der Waals surface area contributed by atoms with Crippen molar-refractivity contribution in [1.82, 2.24) is 5.43 Å². The summed E-state index contributed by atoms with van der Waals surface area (Å²) in [6.07, 6.45) is 5.81. The maximum Gasteiger partial charge on any atom is 0.0673 e. The van der Waals surface area contributed by atoms with E-state index in [9.17, 15) is 0 Å². The molecule has 0 saturated heterocycles. The molecular weight excluding hydrogens is 236 g/mol. The fourth-order valence-corrected chi connectivity index (χ4v) is 2.61. The lowest BCUT2D eigenvalue weighted by molar-refractivity contribution is 0.575. The van der Waals surface area contributed by atoms with Crippen molar-refractivity contribution in [1.29, 1.82) is 0 Å². The van der Waals surface area contributed by atoms with Crippen molar-refractivity contribution in [3.8, 4) is 12.3 Å². The highest BCUT2D eigenvalue weighted by Crippen LogP contribution is 2.29. The second-order valence-corrected chi connectivity index (χ2v) is 4.06. The summed E-state index contributed by atoms with van der Waals surface area (Å²) in [6.45, 7) is 0. The SMILES string of the molecule is C#CCC(NN)c1sccc1Br. The van der Waals surface area contributed by atoms with Crippen molar-refractivity contribution in [2.45, 2.75) is 12.5 Å². The van der Waals surface area contributed by atoms with Crippen LogP contribution in [0.25, 0.3) is 0 Å². The number of nitrogens with one attached hydrogen (secondary N) is 1. The van der Waals surface area contributed by atoms with Crippen LogP contribution in [0.15, 0.2) is 15.9 Å². The summed E-state index contributed by atoms with van der Waals surface area (Å²) in [7, 11) is 0. The summed E-state index contributed by atoms with van der Waals surface area (Å²) in [6, 6.07) is 2.05. The molecule has 64 valence electrons. The van der Waals surface area contributed by atoms with Crippen molar-refractivity contribution < 1.29 is 0 Å². The van der Waals surface area contributed by atoms with Crippen LogP contribution in [0.5, 0.6) is 0 Å². The van der Waals surface area contributed by atoms with Crippen LogP contribution >= 0.6 is 27.3 Å². The van der Waals surface area contributed by atoms with Gasteiger partial charge in [-0.1, -0.05) is 0 Å². The average molecular weight is 245 g/mol. The molecule has 1 aromatic rings. The Labute approximate surface area is 84.3 Å². The van der Waals surface area contributed by atoms with Gasteiger partial charge < -0.3 is 0 Å². The largest absolute Gasteiger partial charge is 0.271 e. The zero-order valence-electron chi connectivity index (χ0n) is 6.38. The maximum absolute atomic E-state index is 5.36. The molecule has 1 rings (SSSR count). The third-order valence-electron chi connectivity index (χ3n) is 1.48. The van der Waals surface area contributed by atoms with Crippen molar-refractivity contribution in [3.05, 3.63) is 20.8 Å². The minimum absolute atomic E-state index is 0.0596. The lowest BCUT2D eigenvalue weighted by Gasteiger charge is -2.10. The highest BCUT2D eigenvalue weighted by atomic mass is 79.9. The highest BCUT2D eigenvalue weighted by molar-refractivity contribution is 9.10. The maximum atomic E-state index is 5.36. The molecular formula is C8H9BrN2S. The lowest BCUT2D eigenvalue weighted by Crippen LogP contribution is -2.27. The quantitative estimate of drug-likeness (QED) is 0.486. The van der Waals surface area contributed by atoms with Gasteiger partial charge in [0, 0.05) is 15.8 Å². The molecule has 0 bridgehead atoms. The standard InChI is InChI=1S/C8H9BrN2S/c1-2-3-7(11-10)8-6(9)4-5-12-8/h1,4-5,7,11H,3,10H2. The van der Waals surface area contributed by atoms with E-state index in [2.05, 4.69) is 27.3 Å². The van der Waals surface area contributed by atoms with Crippen LogP contribution in [0.1, 0.15) is 17.3 Å². The van der Waals surface area contributed by atoms with Gasteiger partial charge in [-0.25, -0.2) is 0 Å². The second kappa shape index (κ2) is 4.63. The Kier molecular flexibility index (Phi) is 3.76. The summed E-state index contributed by atoms with van der Waals surface area (Å²) in [5, 5.41) is 2.00. The van der Waals surface area contributed by atoms with E-state index in [0.29, 0.717) is 6.42 Å². The van der Waals surface area contributed by atoms with E-state index in [1.807, 2.05) is 11.4 Å². The number of thiophene rings is 1.